The number of fused-ring (bicyclic) bond motifs is 1. The minimum Gasteiger partial charge on any atom is -0.492 e. The molecule has 0 amide bonds. The van der Waals surface area contributed by atoms with Gasteiger partial charge in [0.05, 0.1) is 5.69 Å². The fourth-order valence-corrected chi connectivity index (χ4v) is 2.41. The minimum atomic E-state index is 0.540. The molecule has 1 aromatic carbocycles. The number of aromatic nitrogens is 1. The van der Waals surface area contributed by atoms with Gasteiger partial charge in [0.1, 0.15) is 12.4 Å². The maximum absolute atomic E-state index is 5.77. The predicted molar refractivity (Wildman–Crippen MR) is 78.2 cm³/mol. The first-order chi connectivity index (χ1) is 9.85. The second-order valence-corrected chi connectivity index (χ2v) is 5.03. The van der Waals surface area contributed by atoms with Crippen LogP contribution in [0.25, 0.3) is 0 Å². The Morgan fingerprint density at radius 1 is 1.20 bits per heavy atom. The van der Waals surface area contributed by atoms with Crippen molar-refractivity contribution in [2.75, 3.05) is 13.2 Å². The summed E-state index contributed by atoms with van der Waals surface area (Å²) >= 11 is 0. The van der Waals surface area contributed by atoms with Crippen LogP contribution in [0, 0.1) is 0 Å². The van der Waals surface area contributed by atoms with Gasteiger partial charge in [-0.25, -0.2) is 0 Å². The first-order valence-corrected chi connectivity index (χ1v) is 6.92. The number of nitrogens with zero attached hydrogens (tertiary/aromatic N) is 2. The van der Waals surface area contributed by atoms with Crippen LogP contribution in [-0.2, 0) is 19.6 Å². The van der Waals surface area contributed by atoms with Gasteiger partial charge in [0, 0.05) is 37.9 Å². The van der Waals surface area contributed by atoms with Crippen molar-refractivity contribution in [1.29, 1.82) is 0 Å². The summed E-state index contributed by atoms with van der Waals surface area (Å²) in [4.78, 5) is 6.83. The fourth-order valence-electron chi connectivity index (χ4n) is 2.41. The molecule has 2 N–H and O–H groups in total. The Balaban J connectivity index is 1.71. The van der Waals surface area contributed by atoms with Crippen molar-refractivity contribution in [1.82, 2.24) is 9.88 Å². The standard InChI is InChI=1S/C16H19N3O/c17-9-13-5-6-15(18-10-13)12-19-7-8-20-16-4-2-1-3-14(16)11-19/h1-6,10H,7-9,11-12,17H2. The van der Waals surface area contributed by atoms with Crippen LogP contribution in [0.3, 0.4) is 0 Å². The molecule has 0 fully saturated rings. The van der Waals surface area contributed by atoms with Crippen LogP contribution in [0.4, 0.5) is 0 Å². The van der Waals surface area contributed by atoms with Crippen molar-refractivity contribution in [2.24, 2.45) is 5.73 Å². The molecule has 0 saturated carbocycles. The van der Waals surface area contributed by atoms with Crippen LogP contribution in [0.2, 0.25) is 0 Å². The van der Waals surface area contributed by atoms with Crippen LogP contribution < -0.4 is 10.5 Å². The maximum Gasteiger partial charge on any atom is 0.123 e. The highest BCUT2D eigenvalue weighted by molar-refractivity contribution is 5.33. The van der Waals surface area contributed by atoms with Gasteiger partial charge in [-0.2, -0.15) is 0 Å². The van der Waals surface area contributed by atoms with Gasteiger partial charge >= 0.3 is 0 Å². The number of benzene rings is 1. The molecular formula is C16H19N3O. The highest BCUT2D eigenvalue weighted by atomic mass is 16.5. The number of pyridine rings is 1. The van der Waals surface area contributed by atoms with Gasteiger partial charge in [-0.05, 0) is 17.7 Å². The van der Waals surface area contributed by atoms with E-state index in [0.29, 0.717) is 6.54 Å². The molecular weight excluding hydrogens is 250 g/mol. The van der Waals surface area contributed by atoms with Gasteiger partial charge in [0.25, 0.3) is 0 Å². The molecule has 0 atom stereocenters. The quantitative estimate of drug-likeness (QED) is 0.925. The summed E-state index contributed by atoms with van der Waals surface area (Å²) in [6.07, 6.45) is 1.86. The average molecular weight is 269 g/mol. The first-order valence-electron chi connectivity index (χ1n) is 6.92. The molecule has 0 radical (unpaired) electrons. The SMILES string of the molecule is NCc1ccc(CN2CCOc3ccccc3C2)nc1. The van der Waals surface area contributed by atoms with E-state index in [0.717, 1.165) is 43.2 Å². The summed E-state index contributed by atoms with van der Waals surface area (Å²) in [6.45, 7) is 3.91. The zero-order chi connectivity index (χ0) is 13.8. The van der Waals surface area contributed by atoms with Crippen molar-refractivity contribution in [3.05, 3.63) is 59.4 Å². The van der Waals surface area contributed by atoms with E-state index in [9.17, 15) is 0 Å². The largest absolute Gasteiger partial charge is 0.492 e. The molecule has 4 nitrogen and oxygen atoms in total. The van der Waals surface area contributed by atoms with Gasteiger partial charge in [-0.3, -0.25) is 9.88 Å². The molecule has 2 heterocycles. The van der Waals surface area contributed by atoms with Crippen LogP contribution in [0.15, 0.2) is 42.6 Å². The van der Waals surface area contributed by atoms with Crippen LogP contribution in [-0.4, -0.2) is 23.0 Å². The molecule has 4 heteroatoms. The van der Waals surface area contributed by atoms with Crippen molar-refractivity contribution < 1.29 is 4.74 Å². The Labute approximate surface area is 119 Å². The lowest BCUT2D eigenvalue weighted by molar-refractivity contribution is 0.218. The normalized spacial score (nSPS) is 15.2. The number of rotatable bonds is 3. The number of hydrogen-bond donors (Lipinski definition) is 1. The monoisotopic (exact) mass is 269 g/mol. The lowest BCUT2D eigenvalue weighted by Crippen LogP contribution is -2.25. The Morgan fingerprint density at radius 2 is 2.10 bits per heavy atom. The fraction of sp³-hybridized carbons (Fsp3) is 0.312. The zero-order valence-corrected chi connectivity index (χ0v) is 11.5. The van der Waals surface area contributed by atoms with E-state index in [2.05, 4.69) is 28.1 Å². The maximum atomic E-state index is 5.77. The molecule has 0 saturated heterocycles. The van der Waals surface area contributed by atoms with Gasteiger partial charge in [-0.1, -0.05) is 24.3 Å². The Hall–Kier alpha value is -1.91. The molecule has 3 rings (SSSR count). The van der Waals surface area contributed by atoms with Gasteiger partial charge in [0.15, 0.2) is 0 Å². The van der Waals surface area contributed by atoms with E-state index in [1.54, 1.807) is 0 Å². The Bertz CT molecular complexity index is 568. The molecule has 0 bridgehead atoms. The molecule has 0 spiro atoms. The summed E-state index contributed by atoms with van der Waals surface area (Å²) in [6, 6.07) is 12.3. The Morgan fingerprint density at radius 3 is 2.90 bits per heavy atom. The van der Waals surface area contributed by atoms with Crippen molar-refractivity contribution in [3.63, 3.8) is 0 Å². The highest BCUT2D eigenvalue weighted by Gasteiger charge is 2.15. The van der Waals surface area contributed by atoms with Crippen LogP contribution >= 0.6 is 0 Å². The molecule has 1 aromatic heterocycles. The second kappa shape index (κ2) is 6.03. The van der Waals surface area contributed by atoms with Crippen molar-refractivity contribution >= 4 is 0 Å². The third-order valence-corrected chi connectivity index (χ3v) is 3.54. The molecule has 0 unspecified atom stereocenters. The van der Waals surface area contributed by atoms with Gasteiger partial charge < -0.3 is 10.5 Å². The lowest BCUT2D eigenvalue weighted by Gasteiger charge is -2.18. The van der Waals surface area contributed by atoms with E-state index in [1.807, 2.05) is 24.4 Å². The van der Waals surface area contributed by atoms with Gasteiger partial charge in [-0.15, -0.1) is 0 Å². The molecule has 1 aliphatic heterocycles. The molecule has 2 aromatic rings. The summed E-state index contributed by atoms with van der Waals surface area (Å²) < 4.78 is 5.77. The van der Waals surface area contributed by atoms with E-state index >= 15 is 0 Å². The first kappa shape index (κ1) is 13.1. The Kier molecular flexibility index (Phi) is 3.95. The van der Waals surface area contributed by atoms with Crippen LogP contribution in [0.1, 0.15) is 16.8 Å². The van der Waals surface area contributed by atoms with E-state index in [1.165, 1.54) is 5.56 Å². The zero-order valence-electron chi connectivity index (χ0n) is 11.5. The number of para-hydroxylation sites is 1. The summed E-state index contributed by atoms with van der Waals surface area (Å²) in [5.41, 5.74) is 8.97. The third kappa shape index (κ3) is 2.98. The molecule has 104 valence electrons. The number of nitrogens with two attached hydrogens (primary N) is 1. The number of hydrogen-bond acceptors (Lipinski definition) is 4. The summed E-state index contributed by atoms with van der Waals surface area (Å²) in [7, 11) is 0. The van der Waals surface area contributed by atoms with Crippen molar-refractivity contribution in [2.45, 2.75) is 19.6 Å². The van der Waals surface area contributed by atoms with E-state index in [-0.39, 0.29) is 0 Å². The van der Waals surface area contributed by atoms with Crippen molar-refractivity contribution in [3.8, 4) is 5.75 Å². The van der Waals surface area contributed by atoms with E-state index < -0.39 is 0 Å². The minimum absolute atomic E-state index is 0.540. The molecule has 0 aliphatic carbocycles. The van der Waals surface area contributed by atoms with Crippen LogP contribution in [0.5, 0.6) is 5.75 Å². The number of ether oxygens (including phenoxy) is 1. The van der Waals surface area contributed by atoms with Gasteiger partial charge in [0.2, 0.25) is 0 Å². The topological polar surface area (TPSA) is 51.4 Å². The molecule has 20 heavy (non-hydrogen) atoms. The lowest BCUT2D eigenvalue weighted by atomic mass is 10.2. The summed E-state index contributed by atoms with van der Waals surface area (Å²) in [5, 5.41) is 0. The molecule has 1 aliphatic rings. The smallest absolute Gasteiger partial charge is 0.123 e. The third-order valence-electron chi connectivity index (χ3n) is 3.54. The van der Waals surface area contributed by atoms with E-state index in [4.69, 9.17) is 10.5 Å². The second-order valence-electron chi connectivity index (χ2n) is 5.03. The average Bonchev–Trinajstić information content (AvgIpc) is 2.69. The predicted octanol–water partition coefficient (Wildman–Crippen LogP) is 1.93. The highest BCUT2D eigenvalue weighted by Crippen LogP contribution is 2.23. The summed E-state index contributed by atoms with van der Waals surface area (Å²) in [5.74, 6) is 1.00.